The van der Waals surface area contributed by atoms with Crippen molar-refractivity contribution in [2.75, 3.05) is 31.3 Å². The van der Waals surface area contributed by atoms with Gasteiger partial charge in [-0.3, -0.25) is 13.9 Å². The van der Waals surface area contributed by atoms with Gasteiger partial charge in [-0.2, -0.15) is 0 Å². The van der Waals surface area contributed by atoms with Gasteiger partial charge in [0.2, 0.25) is 21.8 Å². The number of halogens is 2. The Bertz CT molecular complexity index is 1430. The molecule has 11 heteroatoms. The summed E-state index contributed by atoms with van der Waals surface area (Å²) in [6.07, 6.45) is 1.23. The summed E-state index contributed by atoms with van der Waals surface area (Å²) < 4.78 is 32.3. The summed E-state index contributed by atoms with van der Waals surface area (Å²) in [5.74, 6) is -0.687. The molecular weight excluding hydrogens is 561 g/mol. The van der Waals surface area contributed by atoms with E-state index in [4.69, 9.17) is 27.9 Å². The molecule has 0 spiro atoms. The van der Waals surface area contributed by atoms with Gasteiger partial charge < -0.3 is 15.0 Å². The molecule has 1 N–H and O–H groups in total. The van der Waals surface area contributed by atoms with Crippen molar-refractivity contribution in [3.8, 4) is 5.75 Å². The lowest BCUT2D eigenvalue weighted by Gasteiger charge is -2.33. The topological polar surface area (TPSA) is 96.0 Å². The van der Waals surface area contributed by atoms with Gasteiger partial charge in [-0.1, -0.05) is 65.7 Å². The van der Waals surface area contributed by atoms with Crippen LogP contribution in [0.4, 0.5) is 5.69 Å². The first-order chi connectivity index (χ1) is 18.4. The molecule has 0 radical (unpaired) electrons. The normalized spacial score (nSPS) is 11.9. The third kappa shape index (κ3) is 7.88. The number of hydrogen-bond donors (Lipinski definition) is 1. The number of methoxy groups -OCH3 is 1. The van der Waals surface area contributed by atoms with Crippen LogP contribution in [0.3, 0.4) is 0 Å². The highest BCUT2D eigenvalue weighted by molar-refractivity contribution is 7.92. The molecule has 0 saturated carbocycles. The summed E-state index contributed by atoms with van der Waals surface area (Å²) in [6, 6.07) is 18.3. The number of aryl methyl sites for hydroxylation is 1. The molecular formula is C28H31Cl2N3O5S. The minimum absolute atomic E-state index is 0.0107. The fourth-order valence-electron chi connectivity index (χ4n) is 4.14. The molecule has 0 aliphatic rings. The average Bonchev–Trinajstić information content (AvgIpc) is 2.90. The molecule has 0 heterocycles. The average molecular weight is 593 g/mol. The second kappa shape index (κ2) is 13.2. The summed E-state index contributed by atoms with van der Waals surface area (Å²) in [5, 5.41) is 3.28. The number of hydrogen-bond acceptors (Lipinski definition) is 5. The largest absolute Gasteiger partial charge is 0.495 e. The molecule has 39 heavy (non-hydrogen) atoms. The van der Waals surface area contributed by atoms with Crippen LogP contribution in [0.2, 0.25) is 10.0 Å². The molecule has 0 bridgehead atoms. The molecule has 0 unspecified atom stereocenters. The molecule has 3 rings (SSSR count). The maximum Gasteiger partial charge on any atom is 0.244 e. The van der Waals surface area contributed by atoms with E-state index < -0.39 is 34.4 Å². The maximum atomic E-state index is 14.0. The van der Waals surface area contributed by atoms with Crippen molar-refractivity contribution in [1.29, 1.82) is 0 Å². The number of anilines is 1. The molecule has 208 valence electrons. The lowest BCUT2D eigenvalue weighted by Crippen LogP contribution is -2.52. The van der Waals surface area contributed by atoms with E-state index in [1.165, 1.54) is 19.1 Å². The van der Waals surface area contributed by atoms with Crippen LogP contribution in [0, 0.1) is 6.92 Å². The van der Waals surface area contributed by atoms with Gasteiger partial charge in [0.25, 0.3) is 0 Å². The van der Waals surface area contributed by atoms with E-state index in [-0.39, 0.29) is 18.7 Å². The highest BCUT2D eigenvalue weighted by Crippen LogP contribution is 2.31. The van der Waals surface area contributed by atoms with Crippen molar-refractivity contribution < 1.29 is 22.7 Å². The van der Waals surface area contributed by atoms with E-state index in [1.54, 1.807) is 36.4 Å². The molecule has 8 nitrogen and oxygen atoms in total. The number of sulfonamides is 1. The SMILES string of the molecule is CNC(=O)[C@H](Cc1ccccc1)N(Cc1ccc(Cl)c(Cl)c1)C(=O)CN(c1cc(C)ccc1OC)S(C)(=O)=O. The molecule has 0 aliphatic carbocycles. The zero-order chi connectivity index (χ0) is 28.7. The lowest BCUT2D eigenvalue weighted by molar-refractivity contribution is -0.139. The molecule has 0 fully saturated rings. The van der Waals surface area contributed by atoms with Gasteiger partial charge >= 0.3 is 0 Å². The fourth-order valence-corrected chi connectivity index (χ4v) is 5.31. The number of carbonyl (C=O) groups excluding carboxylic acids is 2. The van der Waals surface area contributed by atoms with Crippen LogP contribution in [0.1, 0.15) is 16.7 Å². The standard InChI is InChI=1S/C28H31Cl2N3O5S/c1-19-10-13-26(38-3)24(14-19)33(39(4,36)37)18-27(34)32(17-21-11-12-22(29)23(30)15-21)25(28(35)31-2)16-20-8-6-5-7-9-20/h5-15,25H,16-18H2,1-4H3,(H,31,35)/t25-/m0/s1. The van der Waals surface area contributed by atoms with Gasteiger partial charge in [0.1, 0.15) is 18.3 Å². The van der Waals surface area contributed by atoms with Gasteiger partial charge in [-0.25, -0.2) is 8.42 Å². The van der Waals surface area contributed by atoms with Crippen molar-refractivity contribution >= 4 is 50.7 Å². The highest BCUT2D eigenvalue weighted by atomic mass is 35.5. The lowest BCUT2D eigenvalue weighted by atomic mass is 10.0. The molecule has 1 atom stereocenters. The number of ether oxygens (including phenoxy) is 1. The Morgan fingerprint density at radius 2 is 1.67 bits per heavy atom. The van der Waals surface area contributed by atoms with Crippen molar-refractivity contribution in [2.45, 2.75) is 25.9 Å². The van der Waals surface area contributed by atoms with Gasteiger partial charge in [0, 0.05) is 20.0 Å². The molecule has 3 aromatic rings. The summed E-state index contributed by atoms with van der Waals surface area (Å²) in [7, 11) is -1.01. The van der Waals surface area contributed by atoms with Crippen LogP contribution < -0.4 is 14.4 Å². The van der Waals surface area contributed by atoms with Crippen molar-refractivity contribution in [2.24, 2.45) is 0 Å². The Labute approximate surface area is 239 Å². The Morgan fingerprint density at radius 3 is 2.26 bits per heavy atom. The van der Waals surface area contributed by atoms with Gasteiger partial charge in [0.15, 0.2) is 0 Å². The maximum absolute atomic E-state index is 14.0. The third-order valence-corrected chi connectivity index (χ3v) is 8.00. The van der Waals surface area contributed by atoms with E-state index in [0.717, 1.165) is 21.7 Å². The monoisotopic (exact) mass is 591 g/mol. The predicted molar refractivity (Wildman–Crippen MR) is 155 cm³/mol. The van der Waals surface area contributed by atoms with Gasteiger partial charge in [-0.05, 0) is 47.9 Å². The smallest absolute Gasteiger partial charge is 0.244 e. The van der Waals surface area contributed by atoms with Crippen LogP contribution in [0.25, 0.3) is 0 Å². The molecule has 3 aromatic carbocycles. The number of carbonyl (C=O) groups is 2. The molecule has 0 aliphatic heterocycles. The summed E-state index contributed by atoms with van der Waals surface area (Å²) in [4.78, 5) is 28.5. The van der Waals surface area contributed by atoms with Crippen LogP contribution in [-0.4, -0.2) is 58.1 Å². The van der Waals surface area contributed by atoms with Crippen LogP contribution in [0.15, 0.2) is 66.7 Å². The molecule has 0 saturated heterocycles. The Hall–Kier alpha value is -3.27. The first-order valence-corrected chi connectivity index (χ1v) is 14.7. The number of rotatable bonds is 11. The second-order valence-corrected chi connectivity index (χ2v) is 11.8. The number of nitrogens with one attached hydrogen (secondary N) is 1. The second-order valence-electron chi connectivity index (χ2n) is 9.03. The zero-order valence-electron chi connectivity index (χ0n) is 22.1. The minimum Gasteiger partial charge on any atom is -0.495 e. The van der Waals surface area contributed by atoms with Crippen LogP contribution in [-0.2, 0) is 32.6 Å². The van der Waals surface area contributed by atoms with Crippen molar-refractivity contribution in [1.82, 2.24) is 10.2 Å². The Balaban J connectivity index is 2.09. The summed E-state index contributed by atoms with van der Waals surface area (Å²) in [5.41, 5.74) is 2.46. The van der Waals surface area contributed by atoms with Crippen LogP contribution >= 0.6 is 23.2 Å². The first kappa shape index (κ1) is 30.3. The van der Waals surface area contributed by atoms with Gasteiger partial charge in [-0.15, -0.1) is 0 Å². The Kier molecular flexibility index (Phi) is 10.2. The van der Waals surface area contributed by atoms with E-state index in [2.05, 4.69) is 5.32 Å². The quantitative estimate of drug-likeness (QED) is 0.355. The van der Waals surface area contributed by atoms with Crippen molar-refractivity contribution in [3.05, 3.63) is 93.5 Å². The number of amides is 2. The van der Waals surface area contributed by atoms with Gasteiger partial charge in [0.05, 0.1) is 29.1 Å². The van der Waals surface area contributed by atoms with E-state index in [0.29, 0.717) is 21.4 Å². The van der Waals surface area contributed by atoms with E-state index >= 15 is 0 Å². The van der Waals surface area contributed by atoms with Crippen LogP contribution in [0.5, 0.6) is 5.75 Å². The first-order valence-electron chi connectivity index (χ1n) is 12.1. The molecule has 0 aromatic heterocycles. The Morgan fingerprint density at radius 1 is 0.974 bits per heavy atom. The van der Waals surface area contributed by atoms with E-state index in [9.17, 15) is 18.0 Å². The minimum atomic E-state index is -3.92. The number of nitrogens with zero attached hydrogens (tertiary/aromatic N) is 2. The number of benzene rings is 3. The highest BCUT2D eigenvalue weighted by Gasteiger charge is 2.33. The summed E-state index contributed by atoms with van der Waals surface area (Å²) >= 11 is 12.3. The summed E-state index contributed by atoms with van der Waals surface area (Å²) in [6.45, 7) is 1.24. The fraction of sp³-hybridized carbons (Fsp3) is 0.286. The number of likely N-dealkylation sites (N-methyl/N-ethyl adjacent to an activating group) is 1. The van der Waals surface area contributed by atoms with Crippen molar-refractivity contribution in [3.63, 3.8) is 0 Å². The van der Waals surface area contributed by atoms with E-state index in [1.807, 2.05) is 37.3 Å². The zero-order valence-corrected chi connectivity index (χ0v) is 24.5. The molecule has 2 amide bonds. The third-order valence-electron chi connectivity index (χ3n) is 6.14. The predicted octanol–water partition coefficient (Wildman–Crippen LogP) is 4.46.